The Labute approximate surface area is 109 Å². The molecule has 0 radical (unpaired) electrons. The first-order valence-electron chi connectivity index (χ1n) is 5.13. The number of nitrogens with one attached hydrogen (secondary N) is 1. The van der Waals surface area contributed by atoms with Gasteiger partial charge in [0.25, 0.3) is 0 Å². The summed E-state index contributed by atoms with van der Waals surface area (Å²) in [4.78, 5) is 21.3. The highest BCUT2D eigenvalue weighted by Crippen LogP contribution is 2.12. The minimum atomic E-state index is -4.01. The van der Waals surface area contributed by atoms with Crippen LogP contribution in [-0.4, -0.2) is 40.7 Å². The molecule has 0 saturated heterocycles. The lowest BCUT2D eigenvalue weighted by atomic mass is 10.1. The van der Waals surface area contributed by atoms with Crippen LogP contribution in [0.5, 0.6) is 0 Å². The third-order valence-corrected chi connectivity index (χ3v) is 3.83. The van der Waals surface area contributed by atoms with Gasteiger partial charge in [-0.25, -0.2) is 8.42 Å². The second-order valence-electron chi connectivity index (χ2n) is 4.36. The molecule has 10 heteroatoms. The van der Waals surface area contributed by atoms with Crippen LogP contribution >= 0.6 is 0 Å². The van der Waals surface area contributed by atoms with Crippen molar-refractivity contribution in [1.29, 1.82) is 0 Å². The molecule has 0 aliphatic heterocycles. The third kappa shape index (κ3) is 3.76. The molecule has 1 amide bonds. The van der Waals surface area contributed by atoms with Gasteiger partial charge in [0.15, 0.2) is 0 Å². The van der Waals surface area contributed by atoms with Gasteiger partial charge < -0.3 is 10.8 Å². The van der Waals surface area contributed by atoms with Crippen molar-refractivity contribution in [2.75, 3.05) is 0 Å². The topological polar surface area (TPSA) is 144 Å². The van der Waals surface area contributed by atoms with E-state index in [9.17, 15) is 18.0 Å². The maximum atomic E-state index is 11.9. The van der Waals surface area contributed by atoms with Crippen molar-refractivity contribution in [1.82, 2.24) is 14.5 Å². The van der Waals surface area contributed by atoms with Gasteiger partial charge in [-0.15, -0.1) is 0 Å². The van der Waals surface area contributed by atoms with E-state index in [0.717, 1.165) is 17.1 Å². The molecule has 1 rings (SSSR count). The molecule has 0 fully saturated rings. The number of carboxylic acids is 1. The van der Waals surface area contributed by atoms with E-state index >= 15 is 0 Å². The first-order valence-corrected chi connectivity index (χ1v) is 6.61. The molecule has 9 nitrogen and oxygen atoms in total. The van der Waals surface area contributed by atoms with Crippen molar-refractivity contribution >= 4 is 21.9 Å². The fraction of sp³-hybridized carbons (Fsp3) is 0.444. The monoisotopic (exact) mass is 290 g/mol. The summed E-state index contributed by atoms with van der Waals surface area (Å²) in [5.41, 5.74) is 3.60. The molecule has 0 bridgehead atoms. The first kappa shape index (κ1) is 15.1. The van der Waals surface area contributed by atoms with Gasteiger partial charge in [-0.3, -0.25) is 14.3 Å². The summed E-state index contributed by atoms with van der Waals surface area (Å²) >= 11 is 0. The lowest BCUT2D eigenvalue weighted by Gasteiger charge is -2.21. The zero-order valence-corrected chi connectivity index (χ0v) is 11.1. The van der Waals surface area contributed by atoms with Gasteiger partial charge in [0.1, 0.15) is 17.0 Å². The smallest absolute Gasteiger partial charge is 0.325 e. The molecular formula is C9H14N4O5S. The predicted molar refractivity (Wildman–Crippen MR) is 63.5 cm³/mol. The van der Waals surface area contributed by atoms with E-state index in [-0.39, 0.29) is 4.90 Å². The molecule has 1 heterocycles. The van der Waals surface area contributed by atoms with Crippen LogP contribution in [0.4, 0.5) is 0 Å². The van der Waals surface area contributed by atoms with Gasteiger partial charge >= 0.3 is 5.97 Å². The third-order valence-electron chi connectivity index (χ3n) is 2.22. The first-order chi connectivity index (χ1) is 8.54. The molecule has 0 aromatic carbocycles. The van der Waals surface area contributed by atoms with Crippen LogP contribution in [0, 0.1) is 0 Å². The average Bonchev–Trinajstić information content (AvgIpc) is 2.63. The van der Waals surface area contributed by atoms with Crippen molar-refractivity contribution in [2.45, 2.75) is 30.8 Å². The Balaban J connectivity index is 2.98. The Morgan fingerprint density at radius 1 is 1.53 bits per heavy atom. The van der Waals surface area contributed by atoms with E-state index in [1.165, 1.54) is 13.8 Å². The molecule has 4 N–H and O–H groups in total. The molecule has 19 heavy (non-hydrogen) atoms. The van der Waals surface area contributed by atoms with E-state index in [1.54, 1.807) is 0 Å². The number of nitrogens with two attached hydrogens (primary N) is 1. The summed E-state index contributed by atoms with van der Waals surface area (Å²) in [5, 5.41) is 12.1. The second-order valence-corrected chi connectivity index (χ2v) is 6.04. The Kier molecular flexibility index (Phi) is 3.96. The highest BCUT2D eigenvalue weighted by molar-refractivity contribution is 7.89. The number of carboxylic acid groups (broad SMARTS) is 1. The number of amides is 1. The second kappa shape index (κ2) is 4.97. The fourth-order valence-electron chi connectivity index (χ4n) is 1.15. The minimum absolute atomic E-state index is 0.247. The molecule has 0 aliphatic rings. The predicted octanol–water partition coefficient (Wildman–Crippen LogP) is -1.49. The number of sulfonamides is 1. The van der Waals surface area contributed by atoms with Gasteiger partial charge in [0.05, 0.1) is 6.20 Å². The van der Waals surface area contributed by atoms with Crippen LogP contribution in [0.15, 0.2) is 17.3 Å². The van der Waals surface area contributed by atoms with E-state index in [2.05, 4.69) is 9.82 Å². The van der Waals surface area contributed by atoms with Crippen LogP contribution < -0.4 is 10.5 Å². The molecule has 0 spiro atoms. The highest BCUT2D eigenvalue weighted by atomic mass is 32.2. The van der Waals surface area contributed by atoms with Crippen LogP contribution in [0.3, 0.4) is 0 Å². The summed E-state index contributed by atoms with van der Waals surface area (Å²) in [6, 6.07) is 0. The van der Waals surface area contributed by atoms with Gasteiger partial charge in [-0.1, -0.05) is 0 Å². The van der Waals surface area contributed by atoms with Crippen molar-refractivity contribution < 1.29 is 23.1 Å². The van der Waals surface area contributed by atoms with Crippen molar-refractivity contribution in [2.24, 2.45) is 5.73 Å². The van der Waals surface area contributed by atoms with Crippen LogP contribution in [0.2, 0.25) is 0 Å². The standard InChI is InChI=1S/C9H14N4O5S/c1-9(2,8(10)16)12-19(17,18)6-3-11-13(4-6)5-7(14)15/h3-4,12H,5H2,1-2H3,(H2,10,16)(H,14,15). The average molecular weight is 290 g/mol. The van der Waals surface area contributed by atoms with E-state index in [1.807, 2.05) is 0 Å². The number of primary amides is 1. The fourth-order valence-corrected chi connectivity index (χ4v) is 2.49. The van der Waals surface area contributed by atoms with Crippen molar-refractivity contribution in [3.05, 3.63) is 12.4 Å². The maximum Gasteiger partial charge on any atom is 0.325 e. The van der Waals surface area contributed by atoms with Gasteiger partial charge in [0, 0.05) is 6.20 Å². The van der Waals surface area contributed by atoms with Gasteiger partial charge in [-0.05, 0) is 13.8 Å². The van der Waals surface area contributed by atoms with Gasteiger partial charge in [-0.2, -0.15) is 9.82 Å². The maximum absolute atomic E-state index is 11.9. The normalized spacial score (nSPS) is 12.3. The van der Waals surface area contributed by atoms with Crippen LogP contribution in [0.25, 0.3) is 0 Å². The van der Waals surface area contributed by atoms with Crippen LogP contribution in [-0.2, 0) is 26.2 Å². The number of carbonyl (C=O) groups is 2. The van der Waals surface area contributed by atoms with E-state index in [0.29, 0.717) is 0 Å². The number of carbonyl (C=O) groups excluding carboxylic acids is 1. The Bertz CT molecular complexity index is 604. The number of aliphatic carboxylic acids is 1. The SMILES string of the molecule is CC(C)(NS(=O)(=O)c1cnn(CC(=O)O)c1)C(N)=O. The minimum Gasteiger partial charge on any atom is -0.480 e. The molecule has 0 atom stereocenters. The van der Waals surface area contributed by atoms with Crippen molar-refractivity contribution in [3.63, 3.8) is 0 Å². The Hall–Kier alpha value is -1.94. The highest BCUT2D eigenvalue weighted by Gasteiger charge is 2.32. The van der Waals surface area contributed by atoms with Crippen LogP contribution in [0.1, 0.15) is 13.8 Å². The summed E-state index contributed by atoms with van der Waals surface area (Å²) in [6.45, 7) is 2.16. The number of aromatic nitrogens is 2. The summed E-state index contributed by atoms with van der Waals surface area (Å²) in [5.74, 6) is -1.99. The molecular weight excluding hydrogens is 276 g/mol. The lowest BCUT2D eigenvalue weighted by molar-refractivity contribution is -0.137. The number of rotatable bonds is 6. The summed E-state index contributed by atoms with van der Waals surface area (Å²) in [7, 11) is -4.01. The van der Waals surface area contributed by atoms with E-state index in [4.69, 9.17) is 10.8 Å². The zero-order chi connectivity index (χ0) is 14.8. The number of hydrogen-bond acceptors (Lipinski definition) is 5. The summed E-state index contributed by atoms with van der Waals surface area (Å²) < 4.78 is 26.9. The molecule has 0 unspecified atom stereocenters. The summed E-state index contributed by atoms with van der Waals surface area (Å²) in [6.07, 6.45) is 2.04. The molecule has 1 aromatic rings. The number of hydrogen-bond donors (Lipinski definition) is 3. The lowest BCUT2D eigenvalue weighted by Crippen LogP contribution is -2.52. The Morgan fingerprint density at radius 2 is 2.11 bits per heavy atom. The van der Waals surface area contributed by atoms with Gasteiger partial charge in [0.2, 0.25) is 15.9 Å². The quantitative estimate of drug-likeness (QED) is 0.582. The molecule has 0 aliphatic carbocycles. The van der Waals surface area contributed by atoms with Crippen molar-refractivity contribution in [3.8, 4) is 0 Å². The largest absolute Gasteiger partial charge is 0.480 e. The zero-order valence-electron chi connectivity index (χ0n) is 10.3. The number of nitrogens with zero attached hydrogens (tertiary/aromatic N) is 2. The molecule has 106 valence electrons. The Morgan fingerprint density at radius 3 is 2.58 bits per heavy atom. The van der Waals surface area contributed by atoms with E-state index < -0.39 is 34.0 Å². The molecule has 1 aromatic heterocycles. The molecule has 0 saturated carbocycles.